The van der Waals surface area contributed by atoms with Crippen LogP contribution in [0.5, 0.6) is 0 Å². The van der Waals surface area contributed by atoms with Crippen molar-refractivity contribution in [1.29, 1.82) is 0 Å². The van der Waals surface area contributed by atoms with E-state index in [0.717, 1.165) is 12.8 Å². The standard InChI is InChI=1S/C13H18ClN3O2/c1-8-3-9(2)5-11(4-8)16-13-12(17(18)19)6-10(14)7-15-13/h6-9,11H,3-5H2,1-2H3,(H,15,16). The lowest BCUT2D eigenvalue weighted by molar-refractivity contribution is -0.384. The highest BCUT2D eigenvalue weighted by Gasteiger charge is 2.26. The molecule has 1 fully saturated rings. The number of hydrogen-bond acceptors (Lipinski definition) is 4. The number of nitrogens with zero attached hydrogens (tertiary/aromatic N) is 2. The first kappa shape index (κ1) is 14.1. The molecule has 5 nitrogen and oxygen atoms in total. The minimum atomic E-state index is -0.448. The molecule has 0 bridgehead atoms. The van der Waals surface area contributed by atoms with Crippen molar-refractivity contribution in [2.75, 3.05) is 5.32 Å². The van der Waals surface area contributed by atoms with Gasteiger partial charge in [-0.2, -0.15) is 0 Å². The molecule has 19 heavy (non-hydrogen) atoms. The van der Waals surface area contributed by atoms with E-state index in [-0.39, 0.29) is 16.8 Å². The number of nitrogens with one attached hydrogen (secondary N) is 1. The highest BCUT2D eigenvalue weighted by molar-refractivity contribution is 6.30. The summed E-state index contributed by atoms with van der Waals surface area (Å²) in [5.74, 6) is 1.58. The van der Waals surface area contributed by atoms with Gasteiger partial charge < -0.3 is 5.32 Å². The van der Waals surface area contributed by atoms with Crippen molar-refractivity contribution in [2.45, 2.75) is 39.2 Å². The smallest absolute Gasteiger partial charge is 0.312 e. The average Bonchev–Trinajstić information content (AvgIpc) is 2.30. The molecule has 1 aliphatic carbocycles. The molecular formula is C13H18ClN3O2. The van der Waals surface area contributed by atoms with Crippen molar-refractivity contribution in [1.82, 2.24) is 4.98 Å². The van der Waals surface area contributed by atoms with E-state index in [1.165, 1.54) is 18.7 Å². The van der Waals surface area contributed by atoms with Crippen molar-refractivity contribution >= 4 is 23.1 Å². The van der Waals surface area contributed by atoms with Gasteiger partial charge in [0.25, 0.3) is 0 Å². The normalized spacial score (nSPS) is 27.0. The SMILES string of the molecule is CC1CC(C)CC(Nc2ncc(Cl)cc2[N+](=O)[O-])C1. The number of anilines is 1. The van der Waals surface area contributed by atoms with Crippen molar-refractivity contribution < 1.29 is 4.92 Å². The van der Waals surface area contributed by atoms with Crippen molar-refractivity contribution in [2.24, 2.45) is 11.8 Å². The van der Waals surface area contributed by atoms with E-state index in [9.17, 15) is 10.1 Å². The molecule has 0 saturated heterocycles. The predicted octanol–water partition coefficient (Wildman–Crippen LogP) is 3.88. The third-order valence-electron chi connectivity index (χ3n) is 3.55. The number of rotatable bonds is 3. The van der Waals surface area contributed by atoms with Crippen LogP contribution >= 0.6 is 11.6 Å². The summed E-state index contributed by atoms with van der Waals surface area (Å²) in [6.45, 7) is 4.43. The summed E-state index contributed by atoms with van der Waals surface area (Å²) < 4.78 is 0. The molecule has 0 aliphatic heterocycles. The maximum absolute atomic E-state index is 11.0. The Balaban J connectivity index is 2.16. The fraction of sp³-hybridized carbons (Fsp3) is 0.615. The van der Waals surface area contributed by atoms with E-state index in [1.54, 1.807) is 0 Å². The minimum absolute atomic E-state index is 0.0571. The first-order valence-electron chi connectivity index (χ1n) is 6.52. The molecule has 2 rings (SSSR count). The second-order valence-electron chi connectivity index (χ2n) is 5.54. The van der Waals surface area contributed by atoms with E-state index in [4.69, 9.17) is 11.6 Å². The molecule has 1 aromatic heterocycles. The quantitative estimate of drug-likeness (QED) is 0.675. The Bertz CT molecular complexity index is 471. The minimum Gasteiger partial charge on any atom is -0.362 e. The lowest BCUT2D eigenvalue weighted by Gasteiger charge is -2.32. The Kier molecular flexibility index (Phi) is 4.24. The van der Waals surface area contributed by atoms with Gasteiger partial charge in [0, 0.05) is 18.3 Å². The summed E-state index contributed by atoms with van der Waals surface area (Å²) in [7, 11) is 0. The van der Waals surface area contributed by atoms with Crippen LogP contribution in [0.3, 0.4) is 0 Å². The second-order valence-corrected chi connectivity index (χ2v) is 5.97. The molecule has 0 spiro atoms. The summed E-state index contributed by atoms with van der Waals surface area (Å²) in [6.07, 6.45) is 4.69. The number of halogens is 1. The summed E-state index contributed by atoms with van der Waals surface area (Å²) in [5, 5.41) is 14.5. The molecule has 6 heteroatoms. The molecule has 1 N–H and O–H groups in total. The Morgan fingerprint density at radius 2 is 2.00 bits per heavy atom. The third kappa shape index (κ3) is 3.56. The van der Waals surface area contributed by atoms with Gasteiger partial charge in [-0.05, 0) is 31.1 Å². The summed E-state index contributed by atoms with van der Waals surface area (Å²) in [4.78, 5) is 14.6. The molecule has 1 saturated carbocycles. The summed E-state index contributed by atoms with van der Waals surface area (Å²) in [6, 6.07) is 1.58. The zero-order valence-corrected chi connectivity index (χ0v) is 11.9. The van der Waals surface area contributed by atoms with Gasteiger partial charge in [-0.25, -0.2) is 4.98 Å². The van der Waals surface area contributed by atoms with Crippen molar-refractivity contribution in [3.05, 3.63) is 27.4 Å². The maximum atomic E-state index is 11.0. The van der Waals surface area contributed by atoms with E-state index < -0.39 is 4.92 Å². The molecule has 2 atom stereocenters. The molecule has 1 heterocycles. The molecule has 1 aliphatic rings. The summed E-state index contributed by atoms with van der Waals surface area (Å²) in [5.41, 5.74) is -0.0571. The van der Waals surface area contributed by atoms with Crippen LogP contribution in [0.25, 0.3) is 0 Å². The fourth-order valence-corrected chi connectivity index (χ4v) is 3.09. The molecule has 2 unspecified atom stereocenters. The van der Waals surface area contributed by atoms with Crippen LogP contribution in [0.15, 0.2) is 12.3 Å². The number of aromatic nitrogens is 1. The Hall–Kier alpha value is -1.36. The van der Waals surface area contributed by atoms with Crippen LogP contribution in [0.1, 0.15) is 33.1 Å². The maximum Gasteiger partial charge on any atom is 0.312 e. The van der Waals surface area contributed by atoms with E-state index in [1.807, 2.05) is 0 Å². The van der Waals surface area contributed by atoms with Crippen molar-refractivity contribution in [3.63, 3.8) is 0 Å². The van der Waals surface area contributed by atoms with Crippen LogP contribution in [0.2, 0.25) is 5.02 Å². The van der Waals surface area contributed by atoms with Crippen molar-refractivity contribution in [3.8, 4) is 0 Å². The van der Waals surface area contributed by atoms with Crippen LogP contribution in [0.4, 0.5) is 11.5 Å². The van der Waals surface area contributed by atoms with Gasteiger partial charge in [-0.1, -0.05) is 25.4 Å². The first-order valence-corrected chi connectivity index (χ1v) is 6.90. The Labute approximate surface area is 117 Å². The number of hydrogen-bond donors (Lipinski definition) is 1. The van der Waals surface area contributed by atoms with Gasteiger partial charge in [-0.3, -0.25) is 10.1 Å². The highest BCUT2D eigenvalue weighted by atomic mass is 35.5. The van der Waals surface area contributed by atoms with Crippen LogP contribution in [-0.2, 0) is 0 Å². The highest BCUT2D eigenvalue weighted by Crippen LogP contribution is 2.32. The lowest BCUT2D eigenvalue weighted by Crippen LogP contribution is -2.30. The van der Waals surface area contributed by atoms with E-state index in [2.05, 4.69) is 24.1 Å². The molecular weight excluding hydrogens is 266 g/mol. The van der Waals surface area contributed by atoms with Gasteiger partial charge in [0.2, 0.25) is 5.82 Å². The van der Waals surface area contributed by atoms with Crippen LogP contribution < -0.4 is 5.32 Å². The van der Waals surface area contributed by atoms with E-state index in [0.29, 0.717) is 17.7 Å². The third-order valence-corrected chi connectivity index (χ3v) is 3.76. The Morgan fingerprint density at radius 1 is 1.37 bits per heavy atom. The largest absolute Gasteiger partial charge is 0.362 e. The predicted molar refractivity (Wildman–Crippen MR) is 75.5 cm³/mol. The molecule has 0 radical (unpaired) electrons. The number of pyridine rings is 1. The average molecular weight is 284 g/mol. The first-order chi connectivity index (χ1) is 8.95. The van der Waals surface area contributed by atoms with Gasteiger partial charge in [-0.15, -0.1) is 0 Å². The molecule has 0 amide bonds. The topological polar surface area (TPSA) is 68.1 Å². The summed E-state index contributed by atoms with van der Waals surface area (Å²) >= 11 is 5.76. The van der Waals surface area contributed by atoms with Crippen LogP contribution in [-0.4, -0.2) is 15.9 Å². The monoisotopic (exact) mass is 283 g/mol. The van der Waals surface area contributed by atoms with Gasteiger partial charge in [0.1, 0.15) is 0 Å². The number of nitro groups is 1. The van der Waals surface area contributed by atoms with Gasteiger partial charge in [0.15, 0.2) is 0 Å². The zero-order chi connectivity index (χ0) is 14.0. The zero-order valence-electron chi connectivity index (χ0n) is 11.1. The molecule has 1 aromatic rings. The van der Waals surface area contributed by atoms with Crippen LogP contribution in [0, 0.1) is 22.0 Å². The van der Waals surface area contributed by atoms with Gasteiger partial charge in [0.05, 0.1) is 9.95 Å². The molecule has 104 valence electrons. The fourth-order valence-electron chi connectivity index (χ4n) is 2.94. The second kappa shape index (κ2) is 5.74. The Morgan fingerprint density at radius 3 is 2.58 bits per heavy atom. The van der Waals surface area contributed by atoms with E-state index >= 15 is 0 Å². The molecule has 0 aromatic carbocycles. The van der Waals surface area contributed by atoms with Gasteiger partial charge >= 0.3 is 5.69 Å². The lowest BCUT2D eigenvalue weighted by atomic mass is 9.80.